The Bertz CT molecular complexity index is 1050. The van der Waals surface area contributed by atoms with Gasteiger partial charge in [-0.3, -0.25) is 9.89 Å². The largest absolute Gasteiger partial charge is 0.350 e. The molecule has 1 aromatic carbocycles. The normalized spacial score (nSPS) is 13.7. The highest BCUT2D eigenvalue weighted by atomic mass is 19.1. The fraction of sp³-hybridized carbons (Fsp3) is 0.211. The van der Waals surface area contributed by atoms with Gasteiger partial charge in [0.1, 0.15) is 17.6 Å². The van der Waals surface area contributed by atoms with Crippen molar-refractivity contribution in [1.82, 2.24) is 25.1 Å². The number of aromatic amines is 1. The fourth-order valence-electron chi connectivity index (χ4n) is 3.07. The van der Waals surface area contributed by atoms with Crippen LogP contribution in [0.25, 0.3) is 11.3 Å². The van der Waals surface area contributed by atoms with E-state index >= 15 is 0 Å². The second kappa shape index (κ2) is 7.08. The zero-order valence-corrected chi connectivity index (χ0v) is 15.0. The molecule has 4 rings (SSSR count). The van der Waals surface area contributed by atoms with Gasteiger partial charge in [-0.25, -0.2) is 14.4 Å². The molecule has 1 amide bonds. The van der Waals surface area contributed by atoms with E-state index in [-0.39, 0.29) is 23.5 Å². The monoisotopic (exact) mass is 377 g/mol. The van der Waals surface area contributed by atoms with Gasteiger partial charge in [-0.05, 0) is 30.3 Å². The van der Waals surface area contributed by atoms with Crippen LogP contribution in [-0.2, 0) is 0 Å². The summed E-state index contributed by atoms with van der Waals surface area (Å²) in [5, 5.41) is 16.0. The number of hydrogen-bond donors (Lipinski definition) is 1. The molecule has 0 unspecified atom stereocenters. The molecule has 1 aliphatic rings. The quantitative estimate of drug-likeness (QED) is 0.744. The average Bonchev–Trinajstić information content (AvgIpc) is 3.17. The zero-order chi connectivity index (χ0) is 19.7. The van der Waals surface area contributed by atoms with Crippen molar-refractivity contribution in [3.8, 4) is 17.3 Å². The lowest BCUT2D eigenvalue weighted by Gasteiger charge is -2.44. The van der Waals surface area contributed by atoms with Crippen LogP contribution in [0, 0.1) is 17.1 Å². The van der Waals surface area contributed by atoms with Gasteiger partial charge in [0.05, 0.1) is 11.7 Å². The van der Waals surface area contributed by atoms with Gasteiger partial charge in [-0.2, -0.15) is 10.4 Å². The molecule has 0 spiro atoms. The standard InChI is InChI=1S/C19H16FN7O/c1-26(14-10-27(11-14)18-17(9-21)22-6-7-23-18)19(28)16-8-15(24-25-16)12-2-4-13(20)5-3-12/h2-8,14H,10-11H2,1H3,(H,24,25). The van der Waals surface area contributed by atoms with Crippen LogP contribution in [0.15, 0.2) is 42.7 Å². The maximum Gasteiger partial charge on any atom is 0.271 e. The van der Waals surface area contributed by atoms with Crippen molar-refractivity contribution in [3.63, 3.8) is 0 Å². The first-order valence-electron chi connectivity index (χ1n) is 8.61. The van der Waals surface area contributed by atoms with Gasteiger partial charge in [0.2, 0.25) is 0 Å². The van der Waals surface area contributed by atoms with E-state index in [9.17, 15) is 9.18 Å². The highest BCUT2D eigenvalue weighted by molar-refractivity contribution is 5.93. The summed E-state index contributed by atoms with van der Waals surface area (Å²) in [4.78, 5) is 24.5. The topological polar surface area (TPSA) is 102 Å². The third-order valence-electron chi connectivity index (χ3n) is 4.76. The Kier molecular flexibility index (Phi) is 4.45. The molecule has 8 nitrogen and oxygen atoms in total. The number of benzene rings is 1. The number of carbonyl (C=O) groups excluding carboxylic acids is 1. The van der Waals surface area contributed by atoms with Crippen LogP contribution in [0.2, 0.25) is 0 Å². The number of nitrogens with one attached hydrogen (secondary N) is 1. The number of nitriles is 1. The Morgan fingerprint density at radius 1 is 1.29 bits per heavy atom. The molecule has 140 valence electrons. The lowest BCUT2D eigenvalue weighted by atomic mass is 10.1. The van der Waals surface area contributed by atoms with Gasteiger partial charge in [0.15, 0.2) is 11.5 Å². The minimum atomic E-state index is -0.326. The molecule has 2 aromatic heterocycles. The summed E-state index contributed by atoms with van der Waals surface area (Å²) in [5.41, 5.74) is 1.93. The van der Waals surface area contributed by atoms with Gasteiger partial charge < -0.3 is 9.80 Å². The van der Waals surface area contributed by atoms with Gasteiger partial charge in [-0.1, -0.05) is 0 Å². The molecule has 1 saturated heterocycles. The molecule has 0 bridgehead atoms. The van der Waals surface area contributed by atoms with E-state index in [0.29, 0.717) is 30.3 Å². The van der Waals surface area contributed by atoms with Crippen LogP contribution >= 0.6 is 0 Å². The number of amides is 1. The average molecular weight is 377 g/mol. The third-order valence-corrected chi connectivity index (χ3v) is 4.76. The van der Waals surface area contributed by atoms with Crippen LogP contribution in [0.1, 0.15) is 16.2 Å². The molecular weight excluding hydrogens is 361 g/mol. The molecule has 0 saturated carbocycles. The second-order valence-corrected chi connectivity index (χ2v) is 6.49. The van der Waals surface area contributed by atoms with Crippen molar-refractivity contribution in [2.24, 2.45) is 0 Å². The predicted octanol–water partition coefficient (Wildman–Crippen LogP) is 1.84. The summed E-state index contributed by atoms with van der Waals surface area (Å²) < 4.78 is 13.1. The lowest BCUT2D eigenvalue weighted by Crippen LogP contribution is -2.60. The fourth-order valence-corrected chi connectivity index (χ4v) is 3.07. The number of halogens is 1. The number of hydrogen-bond acceptors (Lipinski definition) is 6. The van der Waals surface area contributed by atoms with Crippen LogP contribution in [0.3, 0.4) is 0 Å². The van der Waals surface area contributed by atoms with Crippen molar-refractivity contribution >= 4 is 11.7 Å². The Morgan fingerprint density at radius 2 is 2.00 bits per heavy atom. The molecular formula is C19H16FN7O. The van der Waals surface area contributed by atoms with Crippen molar-refractivity contribution in [2.75, 3.05) is 25.0 Å². The molecule has 9 heteroatoms. The number of H-pyrrole nitrogens is 1. The van der Waals surface area contributed by atoms with E-state index in [1.54, 1.807) is 36.3 Å². The number of aromatic nitrogens is 4. The maximum atomic E-state index is 13.1. The number of rotatable bonds is 4. The van der Waals surface area contributed by atoms with Crippen LogP contribution < -0.4 is 4.90 Å². The van der Waals surface area contributed by atoms with Crippen LogP contribution in [0.4, 0.5) is 10.2 Å². The van der Waals surface area contributed by atoms with Gasteiger partial charge in [0.25, 0.3) is 5.91 Å². The van der Waals surface area contributed by atoms with Crippen molar-refractivity contribution < 1.29 is 9.18 Å². The first kappa shape index (κ1) is 17.6. The Labute approximate surface area is 160 Å². The molecule has 0 aliphatic carbocycles. The third kappa shape index (κ3) is 3.16. The summed E-state index contributed by atoms with van der Waals surface area (Å²) in [7, 11) is 1.73. The molecule has 0 atom stereocenters. The van der Waals surface area contributed by atoms with E-state index < -0.39 is 0 Å². The first-order valence-corrected chi connectivity index (χ1v) is 8.61. The minimum absolute atomic E-state index is 0.0152. The minimum Gasteiger partial charge on any atom is -0.350 e. The van der Waals surface area contributed by atoms with Crippen molar-refractivity contribution in [3.05, 3.63) is 59.9 Å². The number of anilines is 1. The molecule has 1 aliphatic heterocycles. The first-order chi connectivity index (χ1) is 13.6. The predicted molar refractivity (Wildman–Crippen MR) is 98.8 cm³/mol. The van der Waals surface area contributed by atoms with E-state index in [1.807, 2.05) is 11.0 Å². The highest BCUT2D eigenvalue weighted by Crippen LogP contribution is 2.24. The van der Waals surface area contributed by atoms with Gasteiger partial charge in [-0.15, -0.1) is 0 Å². The lowest BCUT2D eigenvalue weighted by molar-refractivity contribution is 0.0699. The number of nitrogens with zero attached hydrogens (tertiary/aromatic N) is 6. The molecule has 0 radical (unpaired) electrons. The molecule has 3 aromatic rings. The smallest absolute Gasteiger partial charge is 0.271 e. The van der Waals surface area contributed by atoms with Crippen LogP contribution in [0.5, 0.6) is 0 Å². The summed E-state index contributed by atoms with van der Waals surface area (Å²) in [6.45, 7) is 1.13. The highest BCUT2D eigenvalue weighted by Gasteiger charge is 2.35. The van der Waals surface area contributed by atoms with E-state index in [0.717, 1.165) is 5.56 Å². The second-order valence-electron chi connectivity index (χ2n) is 6.49. The van der Waals surface area contributed by atoms with Gasteiger partial charge in [0, 0.05) is 38.1 Å². The Morgan fingerprint density at radius 3 is 2.71 bits per heavy atom. The Balaban J connectivity index is 1.42. The van der Waals surface area contributed by atoms with Gasteiger partial charge >= 0.3 is 0 Å². The summed E-state index contributed by atoms with van der Waals surface area (Å²) >= 11 is 0. The summed E-state index contributed by atoms with van der Waals surface area (Å²) in [5.74, 6) is 0.0138. The molecule has 28 heavy (non-hydrogen) atoms. The zero-order valence-electron chi connectivity index (χ0n) is 15.0. The molecule has 1 fully saturated rings. The summed E-state index contributed by atoms with van der Waals surface area (Å²) in [6, 6.07) is 9.59. The van der Waals surface area contributed by atoms with Crippen molar-refractivity contribution in [2.45, 2.75) is 6.04 Å². The molecule has 3 heterocycles. The summed E-state index contributed by atoms with van der Waals surface area (Å²) in [6.07, 6.45) is 3.02. The maximum absolute atomic E-state index is 13.1. The van der Waals surface area contributed by atoms with Crippen molar-refractivity contribution in [1.29, 1.82) is 5.26 Å². The number of likely N-dealkylation sites (N-methyl/N-ethyl adjacent to an activating group) is 1. The van der Waals surface area contributed by atoms with E-state index in [2.05, 4.69) is 20.2 Å². The van der Waals surface area contributed by atoms with E-state index in [1.165, 1.54) is 18.3 Å². The molecule has 1 N–H and O–H groups in total. The number of carbonyl (C=O) groups is 1. The van der Waals surface area contributed by atoms with E-state index in [4.69, 9.17) is 5.26 Å². The Hall–Kier alpha value is -3.80. The van der Waals surface area contributed by atoms with Crippen LogP contribution in [-0.4, -0.2) is 57.2 Å². The SMILES string of the molecule is CN(C(=O)c1cc(-c2ccc(F)cc2)n[nH]1)C1CN(c2nccnc2C#N)C1.